The topological polar surface area (TPSA) is 75.6 Å². The van der Waals surface area contributed by atoms with Crippen molar-refractivity contribution in [1.82, 2.24) is 5.32 Å². The minimum Gasteiger partial charge on any atom is -0.464 e. The number of amides is 1. The Kier molecular flexibility index (Phi) is 6.27. The monoisotopic (exact) mass is 399 g/mol. The lowest BCUT2D eigenvalue weighted by atomic mass is 10.1. The maximum atomic E-state index is 11.6. The third-order valence-corrected chi connectivity index (χ3v) is 5.39. The predicted molar refractivity (Wildman–Crippen MR) is 74.3 cm³/mol. The fourth-order valence-corrected chi connectivity index (χ4v) is 3.38. The SMILES string of the molecule is CCOC(=O)C(NC=O)C(O)c1cc(Br)c(Br)s1. The molecule has 0 radical (unpaired) electrons. The summed E-state index contributed by atoms with van der Waals surface area (Å²) in [5.41, 5.74) is 0. The van der Waals surface area contributed by atoms with E-state index < -0.39 is 18.1 Å². The number of nitrogens with one attached hydrogen (secondary N) is 1. The molecule has 1 aromatic heterocycles. The molecule has 1 amide bonds. The Bertz CT molecular complexity index is 418. The van der Waals surface area contributed by atoms with Gasteiger partial charge in [-0.1, -0.05) is 0 Å². The first-order valence-corrected chi connectivity index (χ1v) is 7.40. The van der Waals surface area contributed by atoms with E-state index in [0.717, 1.165) is 8.26 Å². The molecule has 5 nitrogen and oxygen atoms in total. The standard InChI is InChI=1S/C10H11Br2NO4S/c1-2-17-10(16)7(13-4-14)8(15)6-3-5(11)9(12)18-6/h3-4,7-8,15H,2H2,1H3,(H,13,14). The number of carbonyl (C=O) groups is 2. The van der Waals surface area contributed by atoms with Gasteiger partial charge in [0.25, 0.3) is 0 Å². The number of hydrogen-bond donors (Lipinski definition) is 2. The van der Waals surface area contributed by atoms with E-state index in [2.05, 4.69) is 37.2 Å². The number of aliphatic hydroxyl groups excluding tert-OH is 1. The lowest BCUT2D eigenvalue weighted by Crippen LogP contribution is -2.42. The Labute approximate surface area is 125 Å². The molecule has 0 aliphatic rings. The van der Waals surface area contributed by atoms with E-state index in [1.54, 1.807) is 13.0 Å². The highest BCUT2D eigenvalue weighted by molar-refractivity contribution is 9.13. The van der Waals surface area contributed by atoms with Crippen LogP contribution in [0.1, 0.15) is 17.9 Å². The molecule has 0 aliphatic heterocycles. The number of ether oxygens (including phenoxy) is 1. The van der Waals surface area contributed by atoms with Gasteiger partial charge in [-0.25, -0.2) is 4.79 Å². The maximum Gasteiger partial charge on any atom is 0.331 e. The number of carbonyl (C=O) groups excluding carboxylic acids is 2. The fourth-order valence-electron chi connectivity index (χ4n) is 1.27. The van der Waals surface area contributed by atoms with Crippen LogP contribution in [-0.2, 0) is 14.3 Å². The largest absolute Gasteiger partial charge is 0.464 e. The molecular formula is C10H11Br2NO4S. The zero-order valence-electron chi connectivity index (χ0n) is 9.35. The molecule has 0 fully saturated rings. The van der Waals surface area contributed by atoms with Crippen LogP contribution in [0.15, 0.2) is 14.3 Å². The number of rotatable bonds is 6. The van der Waals surface area contributed by atoms with Crippen LogP contribution in [0.25, 0.3) is 0 Å². The first-order chi connectivity index (χ1) is 8.51. The molecule has 0 saturated carbocycles. The molecule has 1 aromatic rings. The minimum absolute atomic E-state index is 0.181. The van der Waals surface area contributed by atoms with Crippen molar-refractivity contribution in [2.45, 2.75) is 19.1 Å². The molecule has 2 unspecified atom stereocenters. The van der Waals surface area contributed by atoms with Crippen LogP contribution >= 0.6 is 43.2 Å². The smallest absolute Gasteiger partial charge is 0.331 e. The van der Waals surface area contributed by atoms with Crippen LogP contribution in [0.2, 0.25) is 0 Å². The van der Waals surface area contributed by atoms with Crippen LogP contribution in [0.4, 0.5) is 0 Å². The summed E-state index contributed by atoms with van der Waals surface area (Å²) >= 11 is 7.85. The average molecular weight is 401 g/mol. The van der Waals surface area contributed by atoms with E-state index in [1.165, 1.54) is 11.3 Å². The van der Waals surface area contributed by atoms with Gasteiger partial charge in [0.2, 0.25) is 6.41 Å². The van der Waals surface area contributed by atoms with Gasteiger partial charge in [0.1, 0.15) is 6.10 Å². The zero-order chi connectivity index (χ0) is 13.7. The Hall–Kier alpha value is -0.440. The highest BCUT2D eigenvalue weighted by atomic mass is 79.9. The lowest BCUT2D eigenvalue weighted by Gasteiger charge is -2.19. The van der Waals surface area contributed by atoms with Gasteiger partial charge in [-0.15, -0.1) is 11.3 Å². The number of halogens is 2. The van der Waals surface area contributed by atoms with Gasteiger partial charge in [-0.2, -0.15) is 0 Å². The van der Waals surface area contributed by atoms with E-state index in [0.29, 0.717) is 11.3 Å². The van der Waals surface area contributed by atoms with Gasteiger partial charge in [0.15, 0.2) is 6.04 Å². The molecule has 2 atom stereocenters. The second-order valence-electron chi connectivity index (χ2n) is 3.23. The summed E-state index contributed by atoms with van der Waals surface area (Å²) in [5, 5.41) is 12.4. The summed E-state index contributed by atoms with van der Waals surface area (Å²) in [6.45, 7) is 1.83. The zero-order valence-corrected chi connectivity index (χ0v) is 13.3. The van der Waals surface area contributed by atoms with Crippen molar-refractivity contribution in [2.75, 3.05) is 6.61 Å². The first-order valence-electron chi connectivity index (χ1n) is 5.00. The summed E-state index contributed by atoms with van der Waals surface area (Å²) in [7, 11) is 0. The van der Waals surface area contributed by atoms with Crippen molar-refractivity contribution < 1.29 is 19.4 Å². The van der Waals surface area contributed by atoms with Gasteiger partial charge < -0.3 is 15.2 Å². The van der Waals surface area contributed by atoms with Gasteiger partial charge in [0, 0.05) is 9.35 Å². The molecular weight excluding hydrogens is 390 g/mol. The summed E-state index contributed by atoms with van der Waals surface area (Å²) in [5.74, 6) is -0.669. The normalized spacial score (nSPS) is 13.8. The van der Waals surface area contributed by atoms with Crippen LogP contribution in [0.5, 0.6) is 0 Å². The summed E-state index contributed by atoms with van der Waals surface area (Å²) in [6, 6.07) is 0.567. The van der Waals surface area contributed by atoms with E-state index >= 15 is 0 Å². The highest BCUT2D eigenvalue weighted by Gasteiger charge is 2.30. The highest BCUT2D eigenvalue weighted by Crippen LogP contribution is 2.36. The molecule has 2 N–H and O–H groups in total. The Balaban J connectivity index is 2.91. The molecule has 0 aromatic carbocycles. The number of hydrogen-bond acceptors (Lipinski definition) is 5. The molecule has 1 rings (SSSR count). The van der Waals surface area contributed by atoms with Gasteiger partial charge in [-0.3, -0.25) is 4.79 Å². The quantitative estimate of drug-likeness (QED) is 0.565. The lowest BCUT2D eigenvalue weighted by molar-refractivity contribution is -0.149. The number of thiophene rings is 1. The summed E-state index contributed by atoms with van der Waals surface area (Å²) in [6.07, 6.45) is -0.787. The number of aliphatic hydroxyl groups is 1. The maximum absolute atomic E-state index is 11.6. The van der Waals surface area contributed by atoms with E-state index in [1.807, 2.05) is 0 Å². The molecule has 0 saturated heterocycles. The van der Waals surface area contributed by atoms with Crippen molar-refractivity contribution in [3.05, 3.63) is 19.2 Å². The molecule has 0 aliphatic carbocycles. The Morgan fingerprint density at radius 3 is 2.78 bits per heavy atom. The van der Waals surface area contributed by atoms with Crippen LogP contribution in [0.3, 0.4) is 0 Å². The molecule has 8 heteroatoms. The van der Waals surface area contributed by atoms with Crippen molar-refractivity contribution in [3.63, 3.8) is 0 Å². The van der Waals surface area contributed by atoms with Crippen LogP contribution < -0.4 is 5.32 Å². The summed E-state index contributed by atoms with van der Waals surface area (Å²) < 4.78 is 6.37. The minimum atomic E-state index is -1.15. The second-order valence-corrected chi connectivity index (χ2v) is 6.49. The Morgan fingerprint density at radius 1 is 1.67 bits per heavy atom. The third-order valence-electron chi connectivity index (χ3n) is 2.06. The molecule has 100 valence electrons. The third kappa shape index (κ3) is 3.78. The second kappa shape index (κ2) is 7.22. The first kappa shape index (κ1) is 15.6. The van der Waals surface area contributed by atoms with Crippen LogP contribution in [0, 0.1) is 0 Å². The summed E-state index contributed by atoms with van der Waals surface area (Å²) in [4.78, 5) is 22.6. The number of esters is 1. The molecule has 0 bridgehead atoms. The van der Waals surface area contributed by atoms with Gasteiger partial charge in [-0.05, 0) is 44.8 Å². The van der Waals surface area contributed by atoms with Crippen LogP contribution in [-0.4, -0.2) is 30.1 Å². The van der Waals surface area contributed by atoms with Crippen molar-refractivity contribution in [2.24, 2.45) is 0 Å². The van der Waals surface area contributed by atoms with Crippen molar-refractivity contribution in [1.29, 1.82) is 0 Å². The van der Waals surface area contributed by atoms with E-state index in [9.17, 15) is 14.7 Å². The van der Waals surface area contributed by atoms with E-state index in [4.69, 9.17) is 4.74 Å². The van der Waals surface area contributed by atoms with Crippen molar-refractivity contribution >= 4 is 55.6 Å². The predicted octanol–water partition coefficient (Wildman–Crippen LogP) is 1.98. The average Bonchev–Trinajstić information content (AvgIpc) is 2.66. The molecule has 1 heterocycles. The van der Waals surface area contributed by atoms with Gasteiger partial charge in [0.05, 0.1) is 10.4 Å². The fraction of sp³-hybridized carbons (Fsp3) is 0.400. The molecule has 18 heavy (non-hydrogen) atoms. The van der Waals surface area contributed by atoms with Crippen molar-refractivity contribution in [3.8, 4) is 0 Å². The van der Waals surface area contributed by atoms with Gasteiger partial charge >= 0.3 is 5.97 Å². The molecule has 0 spiro atoms. The Morgan fingerprint density at radius 2 is 2.33 bits per heavy atom. The van der Waals surface area contributed by atoms with E-state index in [-0.39, 0.29) is 6.61 Å².